The van der Waals surface area contributed by atoms with Crippen molar-refractivity contribution in [2.24, 2.45) is 5.11 Å². The molecule has 0 saturated carbocycles. The third kappa shape index (κ3) is 8.25. The van der Waals surface area contributed by atoms with Crippen LogP contribution < -0.4 is 9.64 Å². The zero-order valence-electron chi connectivity index (χ0n) is 22.3. The molecule has 1 amide bonds. The van der Waals surface area contributed by atoms with E-state index in [1.807, 2.05) is 36.9 Å². The molecule has 0 aliphatic carbocycles. The molecule has 0 radical (unpaired) electrons. The normalized spacial score (nSPS) is 12.4. The van der Waals surface area contributed by atoms with Crippen LogP contribution in [0.25, 0.3) is 21.5 Å². The number of carbonyl (C=O) groups excluding carboxylic acids is 2. The Morgan fingerprint density at radius 1 is 1.16 bits per heavy atom. The predicted octanol–water partition coefficient (Wildman–Crippen LogP) is 4.98. The van der Waals surface area contributed by atoms with E-state index in [9.17, 15) is 9.59 Å². The van der Waals surface area contributed by atoms with Gasteiger partial charge < -0.3 is 19.3 Å². The van der Waals surface area contributed by atoms with E-state index >= 15 is 0 Å². The number of rotatable bonds is 6. The first-order valence-electron chi connectivity index (χ1n) is 12.2. The third-order valence-corrected chi connectivity index (χ3v) is 5.70. The Hall–Kier alpha value is -4.02. The van der Waals surface area contributed by atoms with Gasteiger partial charge in [-0.3, -0.25) is 9.59 Å². The van der Waals surface area contributed by atoms with Gasteiger partial charge in [0.05, 0.1) is 24.9 Å². The number of amides is 1. The van der Waals surface area contributed by atoms with E-state index in [1.54, 1.807) is 32.4 Å². The molecule has 38 heavy (non-hydrogen) atoms. The van der Waals surface area contributed by atoms with Gasteiger partial charge in [0.1, 0.15) is 18.1 Å². The number of piperazine rings is 1. The molecular formula is C25H33ClN8O4. The lowest BCUT2D eigenvalue weighted by Crippen LogP contribution is -2.49. The number of aromatic nitrogens is 3. The molecule has 13 heteroatoms. The van der Waals surface area contributed by atoms with E-state index in [1.165, 1.54) is 11.6 Å². The minimum absolute atomic E-state index is 0.0377. The summed E-state index contributed by atoms with van der Waals surface area (Å²) in [5.74, 6) is 0.624. The number of nitrogens with zero attached hydrogens (tertiary/aromatic N) is 8. The van der Waals surface area contributed by atoms with Crippen LogP contribution in [0, 0.1) is 0 Å². The van der Waals surface area contributed by atoms with Gasteiger partial charge in [-0.05, 0) is 41.8 Å². The summed E-state index contributed by atoms with van der Waals surface area (Å²) >= 11 is 6.10. The zero-order chi connectivity index (χ0) is 28.1. The van der Waals surface area contributed by atoms with Crippen LogP contribution in [0.2, 0.25) is 5.02 Å². The number of hydrogen-bond donors (Lipinski definition) is 0. The van der Waals surface area contributed by atoms with Gasteiger partial charge in [0, 0.05) is 55.2 Å². The van der Waals surface area contributed by atoms with Crippen LogP contribution in [0.3, 0.4) is 0 Å². The maximum Gasteiger partial charge on any atom is 0.302 e. The fourth-order valence-electron chi connectivity index (χ4n) is 3.65. The number of pyridine rings is 1. The predicted molar refractivity (Wildman–Crippen MR) is 147 cm³/mol. The van der Waals surface area contributed by atoms with Gasteiger partial charge >= 0.3 is 5.97 Å². The van der Waals surface area contributed by atoms with Crippen molar-refractivity contribution in [1.29, 1.82) is 0 Å². The molecule has 204 valence electrons. The molecule has 1 aliphatic rings. The summed E-state index contributed by atoms with van der Waals surface area (Å²) < 4.78 is 11.2. The number of carbonyl (C=O) groups is 2. The van der Waals surface area contributed by atoms with Crippen molar-refractivity contribution < 1.29 is 19.1 Å². The fraction of sp³-hybridized carbons (Fsp3) is 0.440. The van der Waals surface area contributed by atoms with Crippen LogP contribution in [-0.4, -0.2) is 71.4 Å². The number of azide groups is 1. The van der Waals surface area contributed by atoms with Gasteiger partial charge in [-0.15, -0.1) is 0 Å². The van der Waals surface area contributed by atoms with Crippen LogP contribution in [0.15, 0.2) is 41.6 Å². The standard InChI is InChI=1S/C19H19ClN8O2.C4H8O2.C2H6/c1-30-16-10-14(3-4-15(16)20)26-6-8-27(9-7-26)18(29)12-28-19-13(11-22-28)2-5-17(23-19)24-25-21;1-3-6-4(2)5;1-2/h2-5,10-11H,6-9,12H2,1H3;3H2,1-2H3;1-2H3. The minimum Gasteiger partial charge on any atom is -0.495 e. The van der Waals surface area contributed by atoms with Crippen molar-refractivity contribution >= 4 is 46.0 Å². The third-order valence-electron chi connectivity index (χ3n) is 5.38. The lowest BCUT2D eigenvalue weighted by Gasteiger charge is -2.36. The highest BCUT2D eigenvalue weighted by molar-refractivity contribution is 6.32. The molecule has 12 nitrogen and oxygen atoms in total. The first-order valence-corrected chi connectivity index (χ1v) is 12.6. The largest absolute Gasteiger partial charge is 0.495 e. The number of esters is 1. The summed E-state index contributed by atoms with van der Waals surface area (Å²) in [4.78, 5) is 33.7. The summed E-state index contributed by atoms with van der Waals surface area (Å²) in [6.07, 6.45) is 1.64. The molecule has 1 saturated heterocycles. The quantitative estimate of drug-likeness (QED) is 0.184. The van der Waals surface area contributed by atoms with Gasteiger partial charge in [-0.2, -0.15) is 5.10 Å². The highest BCUT2D eigenvalue weighted by Gasteiger charge is 2.23. The van der Waals surface area contributed by atoms with E-state index < -0.39 is 0 Å². The first kappa shape index (κ1) is 30.2. The van der Waals surface area contributed by atoms with Gasteiger partial charge in [0.15, 0.2) is 5.65 Å². The SMILES string of the molecule is CC.CCOC(C)=O.COc1cc(N2CCN(C(=O)Cn3ncc4ccc(N=[N+]=[N-])nc43)CC2)ccc1Cl. The molecule has 0 spiro atoms. The van der Waals surface area contributed by atoms with Gasteiger partial charge in [0.25, 0.3) is 0 Å². The topological polar surface area (TPSA) is 139 Å². The molecule has 4 rings (SSSR count). The molecule has 3 aromatic rings. The maximum absolute atomic E-state index is 12.8. The van der Waals surface area contributed by atoms with Crippen LogP contribution in [0.1, 0.15) is 27.7 Å². The second-order valence-electron chi connectivity index (χ2n) is 7.69. The molecule has 3 heterocycles. The maximum atomic E-state index is 12.8. The molecule has 2 aromatic heterocycles. The lowest BCUT2D eigenvalue weighted by atomic mass is 10.2. The first-order chi connectivity index (χ1) is 18.4. The van der Waals surface area contributed by atoms with Crippen LogP contribution >= 0.6 is 11.6 Å². The smallest absolute Gasteiger partial charge is 0.302 e. The summed E-state index contributed by atoms with van der Waals surface area (Å²) in [6.45, 7) is 10.3. The molecule has 0 bridgehead atoms. The number of anilines is 1. The van der Waals surface area contributed by atoms with Crippen molar-refractivity contribution in [2.45, 2.75) is 34.2 Å². The summed E-state index contributed by atoms with van der Waals surface area (Å²) in [6, 6.07) is 9.04. The van der Waals surface area contributed by atoms with Crippen molar-refractivity contribution in [3.8, 4) is 5.75 Å². The molecule has 1 fully saturated rings. The second-order valence-corrected chi connectivity index (χ2v) is 8.09. The van der Waals surface area contributed by atoms with Crippen molar-refractivity contribution in [3.63, 3.8) is 0 Å². The van der Waals surface area contributed by atoms with Crippen LogP contribution in [0.5, 0.6) is 5.75 Å². The molecule has 0 N–H and O–H groups in total. The van der Waals surface area contributed by atoms with E-state index in [2.05, 4.69) is 29.7 Å². The summed E-state index contributed by atoms with van der Waals surface area (Å²) in [5.41, 5.74) is 10.1. The zero-order valence-corrected chi connectivity index (χ0v) is 23.1. The van der Waals surface area contributed by atoms with E-state index in [0.717, 1.165) is 11.1 Å². The van der Waals surface area contributed by atoms with Crippen molar-refractivity contribution in [3.05, 3.63) is 52.0 Å². The van der Waals surface area contributed by atoms with Crippen LogP contribution in [-0.2, 0) is 20.9 Å². The highest BCUT2D eigenvalue weighted by Crippen LogP contribution is 2.29. The van der Waals surface area contributed by atoms with Crippen molar-refractivity contribution in [2.75, 3.05) is 44.8 Å². The molecule has 1 aliphatic heterocycles. The monoisotopic (exact) mass is 544 g/mol. The fourth-order valence-corrected chi connectivity index (χ4v) is 3.85. The summed E-state index contributed by atoms with van der Waals surface area (Å²) in [5, 5.41) is 9.12. The number of fused-ring (bicyclic) bond motifs is 1. The van der Waals surface area contributed by atoms with E-state index in [-0.39, 0.29) is 24.2 Å². The molecule has 1 aromatic carbocycles. The average molecular weight is 545 g/mol. The Morgan fingerprint density at radius 2 is 1.87 bits per heavy atom. The second kappa shape index (κ2) is 15.3. The Morgan fingerprint density at radius 3 is 2.45 bits per heavy atom. The van der Waals surface area contributed by atoms with E-state index in [0.29, 0.717) is 49.2 Å². The molecule has 0 unspecified atom stereocenters. The van der Waals surface area contributed by atoms with Gasteiger partial charge in [-0.25, -0.2) is 9.67 Å². The minimum atomic E-state index is -0.211. The van der Waals surface area contributed by atoms with Gasteiger partial charge in [0.2, 0.25) is 5.91 Å². The average Bonchev–Trinajstić information content (AvgIpc) is 3.32. The van der Waals surface area contributed by atoms with E-state index in [4.69, 9.17) is 21.9 Å². The Kier molecular flexibility index (Phi) is 12.1. The molecular weight excluding hydrogens is 512 g/mol. The Balaban J connectivity index is 0.000000560. The molecule has 0 atom stereocenters. The number of hydrogen-bond acceptors (Lipinski definition) is 8. The number of halogens is 1. The van der Waals surface area contributed by atoms with Crippen LogP contribution in [0.4, 0.5) is 11.5 Å². The highest BCUT2D eigenvalue weighted by atomic mass is 35.5. The number of benzene rings is 1. The Labute approximate surface area is 226 Å². The Bertz CT molecular complexity index is 1270. The number of ether oxygens (including phenoxy) is 2. The summed E-state index contributed by atoms with van der Waals surface area (Å²) in [7, 11) is 1.59. The lowest BCUT2D eigenvalue weighted by molar-refractivity contribution is -0.140. The number of methoxy groups -OCH3 is 1. The van der Waals surface area contributed by atoms with Gasteiger partial charge in [-0.1, -0.05) is 25.4 Å². The van der Waals surface area contributed by atoms with Crippen molar-refractivity contribution in [1.82, 2.24) is 19.7 Å².